The monoisotopic (exact) mass is 390 g/mol. The lowest BCUT2D eigenvalue weighted by Crippen LogP contribution is -2.49. The quantitative estimate of drug-likeness (QED) is 0.589. The Kier molecular flexibility index (Phi) is 5.29. The smallest absolute Gasteiger partial charge is 0.136 e. The van der Waals surface area contributed by atoms with Crippen LogP contribution in [-0.2, 0) is 27.4 Å². The molecule has 3 nitrogen and oxygen atoms in total. The zero-order chi connectivity index (χ0) is 19.6. The Morgan fingerprint density at radius 1 is 0.897 bits per heavy atom. The molecule has 4 atom stereocenters. The molecule has 3 heteroatoms. The van der Waals surface area contributed by atoms with E-state index < -0.39 is 5.60 Å². The van der Waals surface area contributed by atoms with Gasteiger partial charge in [-0.1, -0.05) is 85.7 Å². The van der Waals surface area contributed by atoms with Crippen molar-refractivity contribution in [2.24, 2.45) is 5.92 Å². The maximum Gasteiger partial charge on any atom is 0.136 e. The second-order valence-electron chi connectivity index (χ2n) is 8.80. The molecule has 0 radical (unpaired) electrons. The number of rotatable bonds is 7. The van der Waals surface area contributed by atoms with E-state index in [0.29, 0.717) is 25.7 Å². The predicted molar refractivity (Wildman–Crippen MR) is 113 cm³/mol. The first-order valence-electron chi connectivity index (χ1n) is 10.9. The van der Waals surface area contributed by atoms with Crippen molar-refractivity contribution in [1.82, 2.24) is 0 Å². The first kappa shape index (κ1) is 19.0. The minimum Gasteiger partial charge on any atom is -0.373 e. The van der Waals surface area contributed by atoms with Crippen molar-refractivity contribution in [2.75, 3.05) is 6.61 Å². The van der Waals surface area contributed by atoms with Gasteiger partial charge in [0.15, 0.2) is 0 Å². The Morgan fingerprint density at radius 3 is 2.38 bits per heavy atom. The van der Waals surface area contributed by atoms with Gasteiger partial charge in [-0.05, 0) is 24.0 Å². The van der Waals surface area contributed by atoms with Crippen molar-refractivity contribution in [3.8, 4) is 0 Å². The molecule has 5 rings (SSSR count). The first-order valence-corrected chi connectivity index (χ1v) is 10.9. The van der Waals surface area contributed by atoms with Crippen molar-refractivity contribution in [3.63, 3.8) is 0 Å². The standard InChI is InChI=1S/C26H30O3/c1-3-9-21(10-4-1)18-27-20-26-16-14-23-13-7-8-15-25(23,29-26)17-24(26)28-19-22-11-5-2-6-12-22/h1-6,9-12,14,16,23-24H,7-8,13,15,17-20H2/t23?,24-,25+,26-/m1/s1. The molecule has 2 heterocycles. The summed E-state index contributed by atoms with van der Waals surface area (Å²) in [6.45, 7) is 1.75. The third-order valence-electron chi connectivity index (χ3n) is 6.85. The number of hydrogen-bond acceptors (Lipinski definition) is 3. The van der Waals surface area contributed by atoms with Crippen molar-refractivity contribution < 1.29 is 14.2 Å². The highest BCUT2D eigenvalue weighted by Gasteiger charge is 2.60. The lowest BCUT2D eigenvalue weighted by molar-refractivity contribution is -0.170. The van der Waals surface area contributed by atoms with E-state index in [-0.39, 0.29) is 11.7 Å². The van der Waals surface area contributed by atoms with E-state index in [1.165, 1.54) is 30.4 Å². The van der Waals surface area contributed by atoms with Gasteiger partial charge < -0.3 is 14.2 Å². The molecule has 152 valence electrons. The van der Waals surface area contributed by atoms with Crippen LogP contribution in [0.2, 0.25) is 0 Å². The maximum atomic E-state index is 6.88. The van der Waals surface area contributed by atoms with Gasteiger partial charge in [0.05, 0.1) is 31.5 Å². The molecule has 0 amide bonds. The average Bonchev–Trinajstić information content (AvgIpc) is 3.00. The van der Waals surface area contributed by atoms with Gasteiger partial charge in [-0.15, -0.1) is 0 Å². The molecule has 29 heavy (non-hydrogen) atoms. The molecule has 2 fully saturated rings. The number of hydrogen-bond donors (Lipinski definition) is 0. The van der Waals surface area contributed by atoms with Crippen LogP contribution in [0.15, 0.2) is 72.8 Å². The molecule has 1 saturated heterocycles. The summed E-state index contributed by atoms with van der Waals surface area (Å²) in [7, 11) is 0. The fourth-order valence-electron chi connectivity index (χ4n) is 5.33. The van der Waals surface area contributed by atoms with Crippen molar-refractivity contribution in [2.45, 2.75) is 62.6 Å². The summed E-state index contributed by atoms with van der Waals surface area (Å²) in [5.74, 6) is 0.517. The van der Waals surface area contributed by atoms with Crippen LogP contribution in [-0.4, -0.2) is 23.9 Å². The summed E-state index contributed by atoms with van der Waals surface area (Å²) in [5.41, 5.74) is 1.85. The Hall–Kier alpha value is -1.94. The summed E-state index contributed by atoms with van der Waals surface area (Å²) in [6.07, 6.45) is 10.6. The van der Waals surface area contributed by atoms with Crippen LogP contribution >= 0.6 is 0 Å². The van der Waals surface area contributed by atoms with Crippen LogP contribution in [0.3, 0.4) is 0 Å². The summed E-state index contributed by atoms with van der Waals surface area (Å²) in [4.78, 5) is 0. The van der Waals surface area contributed by atoms with Gasteiger partial charge in [-0.25, -0.2) is 0 Å². The van der Waals surface area contributed by atoms with Gasteiger partial charge in [-0.2, -0.15) is 0 Å². The van der Waals surface area contributed by atoms with Gasteiger partial charge in [-0.3, -0.25) is 0 Å². The molecule has 1 unspecified atom stereocenters. The minimum atomic E-state index is -0.475. The summed E-state index contributed by atoms with van der Waals surface area (Å²) in [6, 6.07) is 20.8. The van der Waals surface area contributed by atoms with E-state index in [9.17, 15) is 0 Å². The molecule has 2 aromatic carbocycles. The Labute approximate surface area is 173 Å². The summed E-state index contributed by atoms with van der Waals surface area (Å²) < 4.78 is 19.6. The molecular weight excluding hydrogens is 360 g/mol. The molecule has 1 aliphatic carbocycles. The predicted octanol–water partition coefficient (Wildman–Crippen LogP) is 5.45. The molecule has 0 N–H and O–H groups in total. The van der Waals surface area contributed by atoms with E-state index >= 15 is 0 Å². The third kappa shape index (κ3) is 3.79. The lowest BCUT2D eigenvalue weighted by atomic mass is 9.74. The number of benzene rings is 2. The Morgan fingerprint density at radius 2 is 1.62 bits per heavy atom. The summed E-state index contributed by atoms with van der Waals surface area (Å²) in [5, 5.41) is 0. The van der Waals surface area contributed by atoms with E-state index in [0.717, 1.165) is 12.8 Å². The van der Waals surface area contributed by atoms with E-state index in [4.69, 9.17) is 14.2 Å². The van der Waals surface area contributed by atoms with Gasteiger partial charge in [0.25, 0.3) is 0 Å². The van der Waals surface area contributed by atoms with E-state index in [2.05, 4.69) is 60.7 Å². The average molecular weight is 391 g/mol. The molecule has 0 aromatic heterocycles. The fourth-order valence-corrected chi connectivity index (χ4v) is 5.33. The summed E-state index contributed by atoms with van der Waals surface area (Å²) >= 11 is 0. The fraction of sp³-hybridized carbons (Fsp3) is 0.462. The van der Waals surface area contributed by atoms with E-state index in [1.807, 2.05) is 12.1 Å². The van der Waals surface area contributed by atoms with Crippen LogP contribution in [0.5, 0.6) is 0 Å². The molecule has 1 saturated carbocycles. The van der Waals surface area contributed by atoms with Gasteiger partial charge in [0.2, 0.25) is 0 Å². The molecular formula is C26H30O3. The molecule has 2 aliphatic heterocycles. The molecule has 2 aromatic rings. The van der Waals surface area contributed by atoms with Gasteiger partial charge >= 0.3 is 0 Å². The second-order valence-corrected chi connectivity index (χ2v) is 8.80. The SMILES string of the molecule is C1=C[C@]2(COCc3ccccc3)O[C@@]3(CCCCC13)C[C@H]2OCc1ccccc1. The number of ether oxygens (including phenoxy) is 3. The zero-order valence-electron chi connectivity index (χ0n) is 17.0. The molecule has 2 bridgehead atoms. The van der Waals surface area contributed by atoms with Crippen LogP contribution < -0.4 is 0 Å². The maximum absolute atomic E-state index is 6.88. The van der Waals surface area contributed by atoms with Crippen LogP contribution in [0, 0.1) is 5.92 Å². The van der Waals surface area contributed by atoms with Crippen LogP contribution in [0.1, 0.15) is 43.2 Å². The molecule has 1 spiro atoms. The normalized spacial score (nSPS) is 32.8. The Balaban J connectivity index is 1.33. The second kappa shape index (κ2) is 8.06. The first-order chi connectivity index (χ1) is 14.3. The van der Waals surface area contributed by atoms with Crippen LogP contribution in [0.4, 0.5) is 0 Å². The largest absolute Gasteiger partial charge is 0.373 e. The highest BCUT2D eigenvalue weighted by atomic mass is 16.6. The third-order valence-corrected chi connectivity index (χ3v) is 6.85. The van der Waals surface area contributed by atoms with Gasteiger partial charge in [0.1, 0.15) is 5.60 Å². The van der Waals surface area contributed by atoms with Gasteiger partial charge in [0, 0.05) is 12.3 Å². The van der Waals surface area contributed by atoms with Crippen molar-refractivity contribution in [3.05, 3.63) is 83.9 Å². The Bertz CT molecular complexity index is 834. The number of fused-ring (bicyclic) bond motifs is 1. The van der Waals surface area contributed by atoms with Crippen molar-refractivity contribution >= 4 is 0 Å². The van der Waals surface area contributed by atoms with Crippen LogP contribution in [0.25, 0.3) is 0 Å². The highest BCUT2D eigenvalue weighted by molar-refractivity contribution is 5.25. The van der Waals surface area contributed by atoms with E-state index in [1.54, 1.807) is 0 Å². The zero-order valence-corrected chi connectivity index (χ0v) is 17.0. The molecule has 3 aliphatic rings. The van der Waals surface area contributed by atoms with Crippen molar-refractivity contribution in [1.29, 1.82) is 0 Å². The highest BCUT2D eigenvalue weighted by Crippen LogP contribution is 2.54. The minimum absolute atomic E-state index is 0.0258. The lowest BCUT2D eigenvalue weighted by Gasteiger charge is -2.44. The topological polar surface area (TPSA) is 27.7 Å².